The Labute approximate surface area is 98.4 Å². The molecule has 2 N–H and O–H groups in total. The van der Waals surface area contributed by atoms with E-state index in [1.54, 1.807) is 0 Å². The number of aromatic nitrogens is 2. The van der Waals surface area contributed by atoms with Crippen molar-refractivity contribution in [2.24, 2.45) is 13.0 Å². The largest absolute Gasteiger partial charge is 0.394 e. The van der Waals surface area contributed by atoms with E-state index in [0.29, 0.717) is 5.92 Å². The van der Waals surface area contributed by atoms with E-state index in [0.717, 1.165) is 36.6 Å². The molecular formula is C12H24N4. The van der Waals surface area contributed by atoms with Crippen molar-refractivity contribution < 1.29 is 0 Å². The van der Waals surface area contributed by atoms with E-state index in [-0.39, 0.29) is 0 Å². The highest BCUT2D eigenvalue weighted by atomic mass is 15.4. The fourth-order valence-electron chi connectivity index (χ4n) is 2.09. The molecule has 1 aromatic heterocycles. The van der Waals surface area contributed by atoms with Gasteiger partial charge in [0.25, 0.3) is 0 Å². The SMILES string of the molecule is CCCc1nn(C)c(N(C)CC(C)C)c1N. The summed E-state index contributed by atoms with van der Waals surface area (Å²) in [6, 6.07) is 0. The van der Waals surface area contributed by atoms with Crippen LogP contribution in [0.1, 0.15) is 32.9 Å². The van der Waals surface area contributed by atoms with Gasteiger partial charge in [0, 0.05) is 20.6 Å². The summed E-state index contributed by atoms with van der Waals surface area (Å²) in [5.74, 6) is 1.66. The highest BCUT2D eigenvalue weighted by Gasteiger charge is 2.16. The van der Waals surface area contributed by atoms with Crippen LogP contribution in [0.3, 0.4) is 0 Å². The van der Waals surface area contributed by atoms with Gasteiger partial charge in [0.1, 0.15) is 5.82 Å². The summed E-state index contributed by atoms with van der Waals surface area (Å²) in [7, 11) is 4.03. The normalized spacial score (nSPS) is 11.1. The standard InChI is InChI=1S/C12H24N4/c1-6-7-10-11(13)12(16(5)14-10)15(4)8-9(2)3/h9H,6-8,13H2,1-5H3. The van der Waals surface area contributed by atoms with Crippen LogP contribution in [-0.4, -0.2) is 23.4 Å². The molecule has 0 saturated heterocycles. The second-order valence-corrected chi connectivity index (χ2v) is 4.83. The monoisotopic (exact) mass is 224 g/mol. The highest BCUT2D eigenvalue weighted by Crippen LogP contribution is 2.26. The van der Waals surface area contributed by atoms with E-state index in [4.69, 9.17) is 5.73 Å². The van der Waals surface area contributed by atoms with Crippen LogP contribution in [0.4, 0.5) is 11.5 Å². The lowest BCUT2D eigenvalue weighted by Gasteiger charge is -2.21. The highest BCUT2D eigenvalue weighted by molar-refractivity contribution is 5.66. The summed E-state index contributed by atoms with van der Waals surface area (Å²) in [5.41, 5.74) is 8.01. The first kappa shape index (κ1) is 12.9. The minimum atomic E-state index is 0.619. The van der Waals surface area contributed by atoms with Gasteiger partial charge < -0.3 is 10.6 Å². The second kappa shape index (κ2) is 5.23. The Bertz CT molecular complexity index is 341. The van der Waals surface area contributed by atoms with Crippen LogP contribution in [0, 0.1) is 5.92 Å². The van der Waals surface area contributed by atoms with E-state index in [2.05, 4.69) is 37.8 Å². The van der Waals surface area contributed by atoms with Gasteiger partial charge in [-0.1, -0.05) is 27.2 Å². The zero-order valence-corrected chi connectivity index (χ0v) is 11.1. The van der Waals surface area contributed by atoms with Gasteiger partial charge >= 0.3 is 0 Å². The lowest BCUT2D eigenvalue weighted by molar-refractivity contribution is 0.619. The number of nitrogen functional groups attached to an aromatic ring is 1. The van der Waals surface area contributed by atoms with Crippen molar-refractivity contribution in [1.29, 1.82) is 0 Å². The third-order valence-corrected chi connectivity index (χ3v) is 2.62. The van der Waals surface area contributed by atoms with Crippen LogP contribution in [0.2, 0.25) is 0 Å². The van der Waals surface area contributed by atoms with Gasteiger partial charge in [0.05, 0.1) is 11.4 Å². The van der Waals surface area contributed by atoms with Crippen molar-refractivity contribution in [3.05, 3.63) is 5.69 Å². The minimum absolute atomic E-state index is 0.619. The number of rotatable bonds is 5. The van der Waals surface area contributed by atoms with Gasteiger partial charge in [0.15, 0.2) is 0 Å². The summed E-state index contributed by atoms with van der Waals surface area (Å²) >= 11 is 0. The lowest BCUT2D eigenvalue weighted by Crippen LogP contribution is -2.25. The maximum Gasteiger partial charge on any atom is 0.150 e. The van der Waals surface area contributed by atoms with Crippen molar-refractivity contribution in [2.45, 2.75) is 33.6 Å². The Kier molecular flexibility index (Phi) is 4.21. The molecule has 0 saturated carbocycles. The van der Waals surface area contributed by atoms with Crippen molar-refractivity contribution >= 4 is 11.5 Å². The predicted molar refractivity (Wildman–Crippen MR) is 69.7 cm³/mol. The van der Waals surface area contributed by atoms with E-state index in [1.165, 1.54) is 0 Å². The fourth-order valence-corrected chi connectivity index (χ4v) is 2.09. The molecule has 0 atom stereocenters. The van der Waals surface area contributed by atoms with Gasteiger partial charge in [0.2, 0.25) is 0 Å². The van der Waals surface area contributed by atoms with E-state index >= 15 is 0 Å². The van der Waals surface area contributed by atoms with Gasteiger partial charge in [-0.3, -0.25) is 4.68 Å². The molecule has 0 aliphatic rings. The molecule has 0 fully saturated rings. The molecule has 1 aromatic rings. The molecule has 0 unspecified atom stereocenters. The van der Waals surface area contributed by atoms with Crippen LogP contribution in [0.15, 0.2) is 0 Å². The average Bonchev–Trinajstić information content (AvgIpc) is 2.41. The number of aryl methyl sites for hydroxylation is 2. The molecule has 92 valence electrons. The molecule has 0 aliphatic heterocycles. The number of hydrogen-bond donors (Lipinski definition) is 1. The first-order valence-corrected chi connectivity index (χ1v) is 5.99. The summed E-state index contributed by atoms with van der Waals surface area (Å²) in [6.45, 7) is 7.55. The average molecular weight is 224 g/mol. The van der Waals surface area contributed by atoms with Crippen molar-refractivity contribution in [2.75, 3.05) is 24.2 Å². The summed E-state index contributed by atoms with van der Waals surface area (Å²) in [6.07, 6.45) is 2.03. The molecule has 0 radical (unpaired) electrons. The molecule has 0 bridgehead atoms. The predicted octanol–water partition coefficient (Wildman–Crippen LogP) is 2.05. The number of nitrogens with two attached hydrogens (primary N) is 1. The van der Waals surface area contributed by atoms with Crippen LogP contribution < -0.4 is 10.6 Å². The topological polar surface area (TPSA) is 47.1 Å². The molecule has 1 heterocycles. The molecule has 4 heteroatoms. The second-order valence-electron chi connectivity index (χ2n) is 4.83. The van der Waals surface area contributed by atoms with E-state index in [9.17, 15) is 0 Å². The first-order valence-electron chi connectivity index (χ1n) is 5.99. The van der Waals surface area contributed by atoms with Gasteiger partial charge in [-0.25, -0.2) is 0 Å². The van der Waals surface area contributed by atoms with Crippen LogP contribution in [-0.2, 0) is 13.5 Å². The Morgan fingerprint density at radius 1 is 1.44 bits per heavy atom. The van der Waals surface area contributed by atoms with Crippen LogP contribution in [0.25, 0.3) is 0 Å². The number of anilines is 2. The van der Waals surface area contributed by atoms with Crippen molar-refractivity contribution in [1.82, 2.24) is 9.78 Å². The fraction of sp³-hybridized carbons (Fsp3) is 0.750. The number of hydrogen-bond acceptors (Lipinski definition) is 3. The smallest absolute Gasteiger partial charge is 0.150 e. The molecule has 0 amide bonds. The molecule has 16 heavy (non-hydrogen) atoms. The van der Waals surface area contributed by atoms with Crippen LogP contribution in [0.5, 0.6) is 0 Å². The molecule has 0 spiro atoms. The maximum absolute atomic E-state index is 6.14. The molecule has 1 rings (SSSR count). The third kappa shape index (κ3) is 2.68. The molecule has 0 aromatic carbocycles. The minimum Gasteiger partial charge on any atom is -0.394 e. The third-order valence-electron chi connectivity index (χ3n) is 2.62. The molecular weight excluding hydrogens is 200 g/mol. The first-order chi connectivity index (χ1) is 7.47. The zero-order chi connectivity index (χ0) is 12.3. The number of nitrogens with zero attached hydrogens (tertiary/aromatic N) is 3. The van der Waals surface area contributed by atoms with Gasteiger partial charge in [-0.15, -0.1) is 0 Å². The Morgan fingerprint density at radius 3 is 2.56 bits per heavy atom. The Morgan fingerprint density at radius 2 is 2.06 bits per heavy atom. The summed E-state index contributed by atoms with van der Waals surface area (Å²) in [4.78, 5) is 2.19. The quantitative estimate of drug-likeness (QED) is 0.832. The van der Waals surface area contributed by atoms with E-state index in [1.807, 2.05) is 11.7 Å². The molecule has 0 aliphatic carbocycles. The van der Waals surface area contributed by atoms with Crippen LogP contribution >= 0.6 is 0 Å². The van der Waals surface area contributed by atoms with Gasteiger partial charge in [-0.2, -0.15) is 5.10 Å². The van der Waals surface area contributed by atoms with Crippen molar-refractivity contribution in [3.8, 4) is 0 Å². The zero-order valence-electron chi connectivity index (χ0n) is 11.1. The Balaban J connectivity index is 2.94. The van der Waals surface area contributed by atoms with Gasteiger partial charge in [-0.05, 0) is 12.3 Å². The Hall–Kier alpha value is -1.19. The summed E-state index contributed by atoms with van der Waals surface area (Å²) in [5, 5.41) is 4.48. The lowest BCUT2D eigenvalue weighted by atomic mass is 10.2. The maximum atomic E-state index is 6.14. The van der Waals surface area contributed by atoms with Crippen molar-refractivity contribution in [3.63, 3.8) is 0 Å². The summed E-state index contributed by atoms with van der Waals surface area (Å²) < 4.78 is 1.89. The molecule has 4 nitrogen and oxygen atoms in total. The van der Waals surface area contributed by atoms with E-state index < -0.39 is 0 Å².